The van der Waals surface area contributed by atoms with Gasteiger partial charge < -0.3 is 5.32 Å². The lowest BCUT2D eigenvalue weighted by atomic mass is 10.2. The monoisotopic (exact) mass is 387 g/mol. The van der Waals surface area contributed by atoms with Crippen molar-refractivity contribution in [2.24, 2.45) is 0 Å². The van der Waals surface area contributed by atoms with Gasteiger partial charge in [0, 0.05) is 23.6 Å². The molecule has 0 aliphatic carbocycles. The SMILES string of the molecule is CC(=O)Nc1nc(-c2ccc(S(=O)(=O)Nc3ccc(C)cc3)cc2)cs1. The summed E-state index contributed by atoms with van der Waals surface area (Å²) in [4.78, 5) is 15.5. The lowest BCUT2D eigenvalue weighted by Gasteiger charge is -2.08. The van der Waals surface area contributed by atoms with Crippen LogP contribution in [0.5, 0.6) is 0 Å². The van der Waals surface area contributed by atoms with E-state index < -0.39 is 10.0 Å². The molecule has 6 nitrogen and oxygen atoms in total. The number of carbonyl (C=O) groups excluding carboxylic acids is 1. The average Bonchev–Trinajstić information content (AvgIpc) is 3.05. The highest BCUT2D eigenvalue weighted by Crippen LogP contribution is 2.26. The molecule has 0 saturated carbocycles. The number of aryl methyl sites for hydroxylation is 1. The normalized spacial score (nSPS) is 11.2. The Kier molecular flexibility index (Phi) is 5.06. The summed E-state index contributed by atoms with van der Waals surface area (Å²) in [7, 11) is -3.66. The predicted molar refractivity (Wildman–Crippen MR) is 104 cm³/mol. The summed E-state index contributed by atoms with van der Waals surface area (Å²) in [5, 5.41) is 4.93. The van der Waals surface area contributed by atoms with Gasteiger partial charge in [-0.3, -0.25) is 9.52 Å². The summed E-state index contributed by atoms with van der Waals surface area (Å²) in [6.07, 6.45) is 0. The molecule has 0 unspecified atom stereocenters. The Bertz CT molecular complexity index is 1020. The number of amides is 1. The molecule has 1 aromatic heterocycles. The molecular formula is C18H17N3O3S2. The zero-order valence-corrected chi connectivity index (χ0v) is 15.8. The van der Waals surface area contributed by atoms with E-state index in [1.165, 1.54) is 30.4 Å². The van der Waals surface area contributed by atoms with E-state index in [1.54, 1.807) is 29.6 Å². The van der Waals surface area contributed by atoms with E-state index in [0.29, 0.717) is 16.5 Å². The van der Waals surface area contributed by atoms with Gasteiger partial charge >= 0.3 is 0 Å². The lowest BCUT2D eigenvalue weighted by Crippen LogP contribution is -2.12. The van der Waals surface area contributed by atoms with Crippen LogP contribution in [0, 0.1) is 6.92 Å². The van der Waals surface area contributed by atoms with E-state index in [1.807, 2.05) is 19.1 Å². The van der Waals surface area contributed by atoms with Gasteiger partial charge in [-0.15, -0.1) is 11.3 Å². The smallest absolute Gasteiger partial charge is 0.261 e. The van der Waals surface area contributed by atoms with Gasteiger partial charge in [-0.05, 0) is 31.2 Å². The van der Waals surface area contributed by atoms with Crippen molar-refractivity contribution in [3.05, 3.63) is 59.5 Å². The van der Waals surface area contributed by atoms with Crippen molar-refractivity contribution in [1.29, 1.82) is 0 Å². The number of hydrogen-bond acceptors (Lipinski definition) is 5. The van der Waals surface area contributed by atoms with E-state index in [2.05, 4.69) is 15.0 Å². The fourth-order valence-electron chi connectivity index (χ4n) is 2.25. The summed E-state index contributed by atoms with van der Waals surface area (Å²) in [5.74, 6) is -0.186. The van der Waals surface area contributed by atoms with Crippen LogP contribution >= 0.6 is 11.3 Å². The van der Waals surface area contributed by atoms with Crippen molar-refractivity contribution in [3.63, 3.8) is 0 Å². The Balaban J connectivity index is 1.79. The van der Waals surface area contributed by atoms with Crippen LogP contribution in [0.4, 0.5) is 10.8 Å². The second kappa shape index (κ2) is 7.27. The highest BCUT2D eigenvalue weighted by molar-refractivity contribution is 7.92. The minimum atomic E-state index is -3.66. The maximum atomic E-state index is 12.5. The third-order valence-electron chi connectivity index (χ3n) is 3.55. The van der Waals surface area contributed by atoms with Crippen molar-refractivity contribution in [1.82, 2.24) is 4.98 Å². The van der Waals surface area contributed by atoms with Gasteiger partial charge in [-0.25, -0.2) is 13.4 Å². The molecule has 2 N–H and O–H groups in total. The molecule has 1 amide bonds. The number of rotatable bonds is 5. The summed E-state index contributed by atoms with van der Waals surface area (Å²) < 4.78 is 27.5. The number of sulfonamides is 1. The molecule has 2 aromatic carbocycles. The van der Waals surface area contributed by atoms with Crippen LogP contribution in [-0.2, 0) is 14.8 Å². The number of nitrogens with one attached hydrogen (secondary N) is 2. The van der Waals surface area contributed by atoms with Crippen molar-refractivity contribution in [2.45, 2.75) is 18.7 Å². The average molecular weight is 387 g/mol. The summed E-state index contributed by atoms with van der Waals surface area (Å²) in [5.41, 5.74) is 3.01. The van der Waals surface area contributed by atoms with Gasteiger partial charge in [0.15, 0.2) is 5.13 Å². The molecule has 0 fully saturated rings. The highest BCUT2D eigenvalue weighted by Gasteiger charge is 2.15. The molecule has 0 bridgehead atoms. The van der Waals surface area contributed by atoms with Crippen LogP contribution in [0.15, 0.2) is 58.8 Å². The molecule has 3 aromatic rings. The van der Waals surface area contributed by atoms with Crippen molar-refractivity contribution in [2.75, 3.05) is 10.0 Å². The molecular weight excluding hydrogens is 370 g/mol. The molecule has 26 heavy (non-hydrogen) atoms. The zero-order chi connectivity index (χ0) is 18.7. The Labute approximate surface area is 156 Å². The van der Waals surface area contributed by atoms with Gasteiger partial charge in [0.05, 0.1) is 10.6 Å². The first-order valence-corrected chi connectivity index (χ1v) is 10.1. The van der Waals surface area contributed by atoms with E-state index >= 15 is 0 Å². The molecule has 0 aliphatic heterocycles. The Morgan fingerprint density at radius 3 is 2.31 bits per heavy atom. The number of anilines is 2. The Morgan fingerprint density at radius 2 is 1.69 bits per heavy atom. The van der Waals surface area contributed by atoms with Gasteiger partial charge in [-0.1, -0.05) is 29.8 Å². The number of aromatic nitrogens is 1. The van der Waals surface area contributed by atoms with Crippen LogP contribution in [0.25, 0.3) is 11.3 Å². The summed E-state index contributed by atoms with van der Waals surface area (Å²) in [6, 6.07) is 13.6. The van der Waals surface area contributed by atoms with Gasteiger partial charge in [0.1, 0.15) is 0 Å². The molecule has 134 valence electrons. The lowest BCUT2D eigenvalue weighted by molar-refractivity contribution is -0.114. The standard InChI is InChI=1S/C18H17N3O3S2/c1-12-3-7-15(8-4-12)21-26(23,24)16-9-5-14(6-10-16)17-11-25-18(20-17)19-13(2)22/h3-11,21H,1-2H3,(H,19,20,22). The van der Waals surface area contributed by atoms with Gasteiger partial charge in [0.25, 0.3) is 10.0 Å². The van der Waals surface area contributed by atoms with Crippen LogP contribution in [0.1, 0.15) is 12.5 Å². The third-order valence-corrected chi connectivity index (χ3v) is 5.71. The molecule has 0 radical (unpaired) electrons. The maximum absolute atomic E-state index is 12.5. The largest absolute Gasteiger partial charge is 0.302 e. The second-order valence-electron chi connectivity index (χ2n) is 5.71. The number of thiazole rings is 1. The Morgan fingerprint density at radius 1 is 1.04 bits per heavy atom. The number of nitrogens with zero attached hydrogens (tertiary/aromatic N) is 1. The molecule has 0 aliphatic rings. The third kappa shape index (κ3) is 4.27. The zero-order valence-electron chi connectivity index (χ0n) is 14.2. The van der Waals surface area contributed by atoms with Crippen LogP contribution < -0.4 is 10.0 Å². The molecule has 0 saturated heterocycles. The number of carbonyl (C=O) groups is 1. The number of hydrogen-bond donors (Lipinski definition) is 2. The first-order valence-electron chi connectivity index (χ1n) is 7.76. The molecule has 8 heteroatoms. The van der Waals surface area contributed by atoms with Crippen molar-refractivity contribution >= 4 is 38.1 Å². The van der Waals surface area contributed by atoms with Crippen LogP contribution in [0.3, 0.4) is 0 Å². The van der Waals surface area contributed by atoms with Crippen LogP contribution in [0.2, 0.25) is 0 Å². The van der Waals surface area contributed by atoms with E-state index in [4.69, 9.17) is 0 Å². The van der Waals surface area contributed by atoms with Crippen molar-refractivity contribution in [3.8, 4) is 11.3 Å². The fourth-order valence-corrected chi connectivity index (χ4v) is 4.08. The minimum Gasteiger partial charge on any atom is -0.302 e. The first-order chi connectivity index (χ1) is 12.3. The summed E-state index contributed by atoms with van der Waals surface area (Å²) in [6.45, 7) is 3.36. The Hall–Kier alpha value is -2.71. The topological polar surface area (TPSA) is 88.2 Å². The van der Waals surface area contributed by atoms with Crippen molar-refractivity contribution < 1.29 is 13.2 Å². The summed E-state index contributed by atoms with van der Waals surface area (Å²) >= 11 is 1.31. The quantitative estimate of drug-likeness (QED) is 0.695. The van der Waals surface area contributed by atoms with Gasteiger partial charge in [-0.2, -0.15) is 0 Å². The number of benzene rings is 2. The first kappa shape index (κ1) is 18.1. The molecule has 1 heterocycles. The maximum Gasteiger partial charge on any atom is 0.261 e. The minimum absolute atomic E-state index is 0.166. The van der Waals surface area contributed by atoms with Gasteiger partial charge in [0.2, 0.25) is 5.91 Å². The molecule has 0 atom stereocenters. The molecule has 3 rings (SSSR count). The predicted octanol–water partition coefficient (Wildman–Crippen LogP) is 3.88. The van der Waals surface area contributed by atoms with E-state index in [0.717, 1.165) is 11.1 Å². The van der Waals surface area contributed by atoms with E-state index in [9.17, 15) is 13.2 Å². The second-order valence-corrected chi connectivity index (χ2v) is 8.26. The highest BCUT2D eigenvalue weighted by atomic mass is 32.2. The molecule has 0 spiro atoms. The fraction of sp³-hybridized carbons (Fsp3) is 0.111. The van der Waals surface area contributed by atoms with E-state index in [-0.39, 0.29) is 10.8 Å². The van der Waals surface area contributed by atoms with Crippen LogP contribution in [-0.4, -0.2) is 19.3 Å².